The lowest BCUT2D eigenvalue weighted by Gasteiger charge is -2.15. The van der Waals surface area contributed by atoms with Crippen molar-refractivity contribution in [3.63, 3.8) is 0 Å². The van der Waals surface area contributed by atoms with E-state index in [0.29, 0.717) is 0 Å². The summed E-state index contributed by atoms with van der Waals surface area (Å²) in [4.78, 5) is 0. The molecule has 0 bridgehead atoms. The number of halogens is 2. The van der Waals surface area contributed by atoms with E-state index in [-0.39, 0.29) is 23.7 Å². The lowest BCUT2D eigenvalue weighted by molar-refractivity contribution is 0.605. The van der Waals surface area contributed by atoms with E-state index in [1.165, 1.54) is 12.1 Å². The van der Waals surface area contributed by atoms with Gasteiger partial charge in [0, 0.05) is 0 Å². The van der Waals surface area contributed by atoms with Gasteiger partial charge in [-0.2, -0.15) is 0 Å². The molecule has 2 aromatic rings. The second-order valence-electron chi connectivity index (χ2n) is 4.49. The van der Waals surface area contributed by atoms with E-state index in [1.54, 1.807) is 24.3 Å². The Bertz CT molecular complexity index is 526. The summed E-state index contributed by atoms with van der Waals surface area (Å²) in [7, 11) is 0. The molecule has 1 atom stereocenters. The van der Waals surface area contributed by atoms with Crippen molar-refractivity contribution in [2.45, 2.75) is 25.7 Å². The van der Waals surface area contributed by atoms with Gasteiger partial charge in [0.1, 0.15) is 11.6 Å². The molecule has 0 saturated heterocycles. The first-order valence-corrected chi connectivity index (χ1v) is 6.19. The minimum atomic E-state index is -0.221. The maximum absolute atomic E-state index is 13.2. The van der Waals surface area contributed by atoms with Gasteiger partial charge in [-0.1, -0.05) is 31.2 Å². The van der Waals surface area contributed by atoms with Gasteiger partial charge in [0.2, 0.25) is 0 Å². The summed E-state index contributed by atoms with van der Waals surface area (Å²) in [6.45, 7) is 2.06. The highest BCUT2D eigenvalue weighted by Gasteiger charge is 2.11. The van der Waals surface area contributed by atoms with Crippen LogP contribution < -0.4 is 6.15 Å². The monoisotopic (exact) mass is 263 g/mol. The summed E-state index contributed by atoms with van der Waals surface area (Å²) < 4.78 is 26.3. The van der Waals surface area contributed by atoms with Gasteiger partial charge in [-0.05, 0) is 54.2 Å². The Hall–Kier alpha value is -1.74. The molecule has 0 aliphatic carbocycles. The molecule has 0 radical (unpaired) electrons. The predicted octanol–water partition coefficient (Wildman–Crippen LogP) is 4.86. The third-order valence-electron chi connectivity index (χ3n) is 3.18. The van der Waals surface area contributed by atoms with Gasteiger partial charge >= 0.3 is 0 Å². The van der Waals surface area contributed by atoms with Gasteiger partial charge in [0.15, 0.2) is 0 Å². The van der Waals surface area contributed by atoms with Crippen molar-refractivity contribution in [1.29, 1.82) is 0 Å². The molecule has 2 aromatic carbocycles. The maximum Gasteiger partial charge on any atom is 0.123 e. The molecule has 102 valence electrons. The summed E-state index contributed by atoms with van der Waals surface area (Å²) in [6, 6.07) is 13.3. The van der Waals surface area contributed by atoms with Crippen LogP contribution in [0.3, 0.4) is 0 Å². The van der Waals surface area contributed by atoms with Crippen molar-refractivity contribution in [3.8, 4) is 0 Å². The molecular weight excluding hydrogens is 244 g/mol. The summed E-state index contributed by atoms with van der Waals surface area (Å²) >= 11 is 0. The van der Waals surface area contributed by atoms with Crippen molar-refractivity contribution in [2.24, 2.45) is 0 Å². The van der Waals surface area contributed by atoms with Crippen LogP contribution in [0.4, 0.5) is 8.78 Å². The molecule has 1 nitrogen and oxygen atoms in total. The van der Waals surface area contributed by atoms with Crippen LogP contribution in [0.15, 0.2) is 48.5 Å². The average Bonchev–Trinajstić information content (AvgIpc) is 2.36. The highest BCUT2D eigenvalue weighted by molar-refractivity contribution is 5.25. The highest BCUT2D eigenvalue weighted by Crippen LogP contribution is 2.24. The lowest BCUT2D eigenvalue weighted by atomic mass is 9.90. The second-order valence-corrected chi connectivity index (χ2v) is 4.49. The summed E-state index contributed by atoms with van der Waals surface area (Å²) in [5, 5.41) is 0. The van der Waals surface area contributed by atoms with E-state index in [2.05, 4.69) is 6.92 Å². The molecule has 3 heteroatoms. The van der Waals surface area contributed by atoms with Crippen LogP contribution in [-0.4, -0.2) is 0 Å². The molecule has 0 aliphatic heterocycles. The summed E-state index contributed by atoms with van der Waals surface area (Å²) in [5.41, 5.74) is 1.92. The summed E-state index contributed by atoms with van der Waals surface area (Å²) in [6.07, 6.45) is 1.64. The largest absolute Gasteiger partial charge is 0.344 e. The zero-order valence-corrected chi connectivity index (χ0v) is 11.1. The fourth-order valence-corrected chi connectivity index (χ4v) is 2.21. The van der Waals surface area contributed by atoms with Crippen LogP contribution in [0.1, 0.15) is 30.4 Å². The second kappa shape index (κ2) is 7.00. The highest BCUT2D eigenvalue weighted by atomic mass is 19.1. The fraction of sp³-hybridized carbons (Fsp3) is 0.250. The van der Waals surface area contributed by atoms with Crippen molar-refractivity contribution in [2.75, 3.05) is 0 Å². The molecule has 0 amide bonds. The molecule has 1 unspecified atom stereocenters. The topological polar surface area (TPSA) is 35.0 Å². The van der Waals surface area contributed by atoms with Crippen molar-refractivity contribution in [1.82, 2.24) is 6.15 Å². The van der Waals surface area contributed by atoms with E-state index < -0.39 is 0 Å². The Morgan fingerprint density at radius 2 is 1.58 bits per heavy atom. The van der Waals surface area contributed by atoms with E-state index in [9.17, 15) is 8.78 Å². The zero-order chi connectivity index (χ0) is 13.0. The Labute approximate surface area is 112 Å². The smallest absolute Gasteiger partial charge is 0.123 e. The van der Waals surface area contributed by atoms with Crippen molar-refractivity contribution in [3.05, 3.63) is 71.3 Å². The number of benzene rings is 2. The molecule has 0 fully saturated rings. The molecular formula is C16H19F2N. The molecule has 0 aromatic heterocycles. The minimum absolute atomic E-state index is 0. The molecule has 0 saturated carbocycles. The van der Waals surface area contributed by atoms with Crippen LogP contribution in [0.25, 0.3) is 0 Å². The first-order chi connectivity index (χ1) is 8.69. The third-order valence-corrected chi connectivity index (χ3v) is 3.18. The first-order valence-electron chi connectivity index (χ1n) is 6.19. The number of hydrogen-bond donors (Lipinski definition) is 1. The molecule has 0 heterocycles. The van der Waals surface area contributed by atoms with Gasteiger partial charge in [-0.15, -0.1) is 0 Å². The van der Waals surface area contributed by atoms with E-state index in [4.69, 9.17) is 0 Å². The summed E-state index contributed by atoms with van der Waals surface area (Å²) in [5.74, 6) is -0.214. The van der Waals surface area contributed by atoms with Gasteiger partial charge in [-0.25, -0.2) is 8.78 Å². The lowest BCUT2D eigenvalue weighted by Crippen LogP contribution is -2.02. The Kier molecular flexibility index (Phi) is 5.64. The third kappa shape index (κ3) is 4.14. The normalized spacial score (nSPS) is 11.7. The van der Waals surface area contributed by atoms with Gasteiger partial charge < -0.3 is 6.15 Å². The fourth-order valence-electron chi connectivity index (χ4n) is 2.21. The van der Waals surface area contributed by atoms with Gasteiger partial charge in [-0.3, -0.25) is 0 Å². The van der Waals surface area contributed by atoms with Crippen LogP contribution >= 0.6 is 0 Å². The minimum Gasteiger partial charge on any atom is -0.344 e. The van der Waals surface area contributed by atoms with Crippen molar-refractivity contribution < 1.29 is 8.78 Å². The predicted molar refractivity (Wildman–Crippen MR) is 74.6 cm³/mol. The van der Waals surface area contributed by atoms with E-state index in [1.807, 2.05) is 12.1 Å². The standard InChI is InChI=1S/C16H16F2.H3N/c1-2-13(14-6-4-8-16(18)11-14)9-12-5-3-7-15(17)10-12;/h3-8,10-11,13H,2,9H2,1H3;1H3. The maximum atomic E-state index is 13.2. The van der Waals surface area contributed by atoms with Crippen LogP contribution in [-0.2, 0) is 6.42 Å². The molecule has 2 rings (SSSR count). The van der Waals surface area contributed by atoms with Crippen molar-refractivity contribution >= 4 is 0 Å². The number of rotatable bonds is 4. The molecule has 3 N–H and O–H groups in total. The average molecular weight is 263 g/mol. The molecule has 19 heavy (non-hydrogen) atoms. The Morgan fingerprint density at radius 1 is 0.947 bits per heavy atom. The van der Waals surface area contributed by atoms with Gasteiger partial charge in [0.05, 0.1) is 0 Å². The van der Waals surface area contributed by atoms with Crippen LogP contribution in [0, 0.1) is 11.6 Å². The molecule has 0 aliphatic rings. The van der Waals surface area contributed by atoms with Gasteiger partial charge in [0.25, 0.3) is 0 Å². The zero-order valence-electron chi connectivity index (χ0n) is 11.1. The van der Waals surface area contributed by atoms with Crippen LogP contribution in [0.5, 0.6) is 0 Å². The Morgan fingerprint density at radius 3 is 2.16 bits per heavy atom. The molecule has 0 spiro atoms. The first kappa shape index (κ1) is 15.3. The van der Waals surface area contributed by atoms with E-state index in [0.717, 1.165) is 24.0 Å². The van der Waals surface area contributed by atoms with E-state index >= 15 is 0 Å². The number of hydrogen-bond acceptors (Lipinski definition) is 1. The SMILES string of the molecule is CCC(Cc1cccc(F)c1)c1cccc(F)c1.N. The quantitative estimate of drug-likeness (QED) is 0.839. The van der Waals surface area contributed by atoms with Crippen LogP contribution in [0.2, 0.25) is 0 Å². The Balaban J connectivity index is 0.00000180.